The Morgan fingerprint density at radius 1 is 0.680 bits per heavy atom. The van der Waals surface area contributed by atoms with Crippen LogP contribution in [0.15, 0.2) is 77.5 Å². The molecule has 19 heteroatoms. The van der Waals surface area contributed by atoms with Gasteiger partial charge in [-0.05, 0) is 35.2 Å². The highest BCUT2D eigenvalue weighted by Gasteiger charge is 2.38. The van der Waals surface area contributed by atoms with Crippen molar-refractivity contribution in [3.63, 3.8) is 0 Å². The minimum absolute atomic E-state index is 0.00147. The van der Waals surface area contributed by atoms with E-state index in [1.54, 1.807) is 30.3 Å². The predicted molar refractivity (Wildman–Crippen MR) is 165 cm³/mol. The van der Waals surface area contributed by atoms with E-state index in [0.29, 0.717) is 32.6 Å². The molecule has 50 heavy (non-hydrogen) atoms. The molecule has 0 aliphatic carbocycles. The number of rotatable bonds is 3. The van der Waals surface area contributed by atoms with Crippen LogP contribution < -0.4 is 16.0 Å². The summed E-state index contributed by atoms with van der Waals surface area (Å²) in [5.74, 6) is -3.05. The van der Waals surface area contributed by atoms with E-state index in [4.69, 9.17) is 17.7 Å². The van der Waals surface area contributed by atoms with Gasteiger partial charge in [0.2, 0.25) is 23.6 Å². The monoisotopic (exact) mass is 752 g/mol. The van der Waals surface area contributed by atoms with Crippen LogP contribution in [0.25, 0.3) is 46.3 Å². The molecule has 15 nitrogen and oxygen atoms in total. The van der Waals surface area contributed by atoms with Gasteiger partial charge in [-0.2, -0.15) is 13.2 Å². The number of hydrogen-bond acceptors (Lipinski definition) is 12. The summed E-state index contributed by atoms with van der Waals surface area (Å²) >= 11 is 3.44. The van der Waals surface area contributed by atoms with Crippen LogP contribution >= 0.6 is 15.9 Å². The standard InChI is InChI=1S/C31H20BrF3N8O7/c32-17-6-18-26-42-22(12-49-26)28-40-20(10-47-28)24(44)37-8-15-3-14(1-2-36-30(46)31(33,34)35)4-16(5-15)9-38-25(45)21-11-48-29(41-21)23-13-50-27(43-23)19(7-17)39-18/h3-7,10-13H,1-2,8-9H2,(H,36,46)(H,37,44)(H,38,45). The molecule has 6 heterocycles. The first-order valence-corrected chi connectivity index (χ1v) is 15.3. The van der Waals surface area contributed by atoms with Crippen molar-refractivity contribution in [1.82, 2.24) is 40.9 Å². The van der Waals surface area contributed by atoms with Gasteiger partial charge >= 0.3 is 12.1 Å². The van der Waals surface area contributed by atoms with Crippen LogP contribution in [-0.4, -0.2) is 55.4 Å². The Bertz CT molecular complexity index is 2120. The van der Waals surface area contributed by atoms with Crippen LogP contribution in [0.1, 0.15) is 37.7 Å². The summed E-state index contributed by atoms with van der Waals surface area (Å²) in [6.07, 6.45) is -0.132. The quantitative estimate of drug-likeness (QED) is 0.222. The van der Waals surface area contributed by atoms with Crippen molar-refractivity contribution in [2.75, 3.05) is 6.54 Å². The zero-order valence-corrected chi connectivity index (χ0v) is 26.7. The number of amides is 3. The number of hydrogen-bond donors (Lipinski definition) is 3. The molecule has 0 atom stereocenters. The molecule has 3 N–H and O–H groups in total. The number of benzene rings is 1. The van der Waals surface area contributed by atoms with Crippen LogP contribution in [0.5, 0.6) is 0 Å². The molecule has 3 amide bonds. The van der Waals surface area contributed by atoms with Crippen LogP contribution in [0.4, 0.5) is 13.2 Å². The van der Waals surface area contributed by atoms with E-state index in [1.165, 1.54) is 12.5 Å². The van der Waals surface area contributed by atoms with Gasteiger partial charge in [0, 0.05) is 24.1 Å². The van der Waals surface area contributed by atoms with Crippen LogP contribution in [0.2, 0.25) is 0 Å². The van der Waals surface area contributed by atoms with Crippen molar-refractivity contribution in [2.24, 2.45) is 0 Å². The molecule has 1 aromatic carbocycles. The molecule has 6 aromatic rings. The van der Waals surface area contributed by atoms with Gasteiger partial charge in [-0.1, -0.05) is 34.1 Å². The Labute approximate surface area is 285 Å². The van der Waals surface area contributed by atoms with E-state index in [9.17, 15) is 27.6 Å². The topological polar surface area (TPSA) is 204 Å². The number of carbonyl (C=O) groups excluding carboxylic acids is 3. The number of carbonyl (C=O) groups is 3. The highest BCUT2D eigenvalue weighted by Crippen LogP contribution is 2.30. The zero-order chi connectivity index (χ0) is 35.0. The second-order valence-electron chi connectivity index (χ2n) is 10.7. The van der Waals surface area contributed by atoms with Gasteiger partial charge in [0.25, 0.3) is 11.8 Å². The van der Waals surface area contributed by atoms with E-state index < -0.39 is 23.9 Å². The minimum Gasteiger partial charge on any atom is -0.442 e. The molecule has 0 saturated carbocycles. The SMILES string of the molecule is O=C1NCc2cc(CCNC(=O)C(F)(F)F)cc(c2)CNC(=O)c2coc(n2)-c2coc(n2)-c2cc(Br)cc(n2)-c2nc(co2)-c2nc1co2. The van der Waals surface area contributed by atoms with E-state index in [0.717, 1.165) is 12.5 Å². The third-order valence-electron chi connectivity index (χ3n) is 7.12. The third kappa shape index (κ3) is 7.02. The van der Waals surface area contributed by atoms with Crippen molar-refractivity contribution < 1.29 is 45.2 Å². The summed E-state index contributed by atoms with van der Waals surface area (Å²) < 4.78 is 60.8. The van der Waals surface area contributed by atoms with Crippen molar-refractivity contribution >= 4 is 33.7 Å². The molecule has 7 rings (SSSR count). The number of nitrogens with one attached hydrogen (secondary N) is 3. The summed E-state index contributed by atoms with van der Waals surface area (Å²) in [6.45, 7) is -0.362. The van der Waals surface area contributed by atoms with E-state index >= 15 is 0 Å². The Morgan fingerprint density at radius 3 is 1.60 bits per heavy atom. The Morgan fingerprint density at radius 2 is 1.12 bits per heavy atom. The lowest BCUT2D eigenvalue weighted by Crippen LogP contribution is -2.37. The molecule has 12 bridgehead atoms. The zero-order valence-electron chi connectivity index (χ0n) is 25.1. The molecule has 0 radical (unpaired) electrons. The normalized spacial score (nSPS) is 13.3. The summed E-state index contributed by atoms with van der Waals surface area (Å²) in [5, 5.41) is 7.26. The van der Waals surface area contributed by atoms with Gasteiger partial charge in [0.15, 0.2) is 22.8 Å². The molecule has 5 aromatic heterocycles. The van der Waals surface area contributed by atoms with Crippen LogP contribution in [0, 0.1) is 0 Å². The number of halogens is 4. The largest absolute Gasteiger partial charge is 0.471 e. The third-order valence-corrected chi connectivity index (χ3v) is 7.58. The number of aromatic nitrogens is 5. The molecule has 0 unspecified atom stereocenters. The van der Waals surface area contributed by atoms with Crippen LogP contribution in [-0.2, 0) is 24.3 Å². The van der Waals surface area contributed by atoms with Gasteiger partial charge in [0.1, 0.15) is 36.4 Å². The average Bonchev–Trinajstić information content (AvgIpc) is 3.91. The summed E-state index contributed by atoms with van der Waals surface area (Å²) in [5.41, 5.74) is 2.49. The molecule has 254 valence electrons. The summed E-state index contributed by atoms with van der Waals surface area (Å²) in [7, 11) is 0. The van der Waals surface area contributed by atoms with Gasteiger partial charge in [-0.15, -0.1) is 0 Å². The van der Waals surface area contributed by atoms with Crippen molar-refractivity contribution in [2.45, 2.75) is 25.7 Å². The first kappa shape index (κ1) is 32.4. The first-order chi connectivity index (χ1) is 24.0. The lowest BCUT2D eigenvalue weighted by molar-refractivity contribution is -0.173. The second kappa shape index (κ2) is 13.1. The predicted octanol–water partition coefficient (Wildman–Crippen LogP) is 4.86. The number of alkyl halides is 3. The number of oxazole rings is 4. The maximum Gasteiger partial charge on any atom is 0.471 e. The summed E-state index contributed by atoms with van der Waals surface area (Å²) in [6, 6.07) is 8.29. The highest BCUT2D eigenvalue weighted by molar-refractivity contribution is 9.10. The molecule has 1 aliphatic heterocycles. The molecular weight excluding hydrogens is 733 g/mol. The van der Waals surface area contributed by atoms with E-state index in [-0.39, 0.29) is 72.4 Å². The van der Waals surface area contributed by atoms with Gasteiger partial charge in [-0.25, -0.2) is 24.9 Å². The Hall–Kier alpha value is -6.11. The fraction of sp³-hybridized carbons (Fsp3) is 0.161. The fourth-order valence-electron chi connectivity index (χ4n) is 4.84. The maximum atomic E-state index is 13.0. The number of pyridine rings is 1. The Kier molecular flexibility index (Phi) is 8.48. The first-order valence-electron chi connectivity index (χ1n) is 14.5. The summed E-state index contributed by atoms with van der Waals surface area (Å²) in [4.78, 5) is 59.1. The molecule has 0 saturated heterocycles. The molecule has 0 fully saturated rings. The van der Waals surface area contributed by atoms with Gasteiger partial charge < -0.3 is 33.6 Å². The fourth-order valence-corrected chi connectivity index (χ4v) is 5.27. The van der Waals surface area contributed by atoms with Crippen molar-refractivity contribution in [3.05, 3.63) is 87.9 Å². The Balaban J connectivity index is 1.21. The lowest BCUT2D eigenvalue weighted by atomic mass is 10.0. The molecule has 0 spiro atoms. The number of nitrogens with zero attached hydrogens (tertiary/aromatic N) is 5. The van der Waals surface area contributed by atoms with E-state index in [1.807, 2.05) is 5.32 Å². The van der Waals surface area contributed by atoms with Crippen molar-refractivity contribution in [3.8, 4) is 46.3 Å². The smallest absolute Gasteiger partial charge is 0.442 e. The lowest BCUT2D eigenvalue weighted by Gasteiger charge is -2.12. The van der Waals surface area contributed by atoms with E-state index in [2.05, 4.69) is 51.5 Å². The highest BCUT2D eigenvalue weighted by atomic mass is 79.9. The van der Waals surface area contributed by atoms with Crippen LogP contribution in [0.3, 0.4) is 0 Å². The minimum atomic E-state index is -5.02. The molecule has 1 aliphatic rings. The average molecular weight is 753 g/mol. The maximum absolute atomic E-state index is 13.0. The number of fused-ring (bicyclic) bond motifs is 16. The van der Waals surface area contributed by atoms with Crippen molar-refractivity contribution in [1.29, 1.82) is 0 Å². The van der Waals surface area contributed by atoms with Gasteiger partial charge in [-0.3, -0.25) is 14.4 Å². The molecular formula is C31H20BrF3N8O7. The van der Waals surface area contributed by atoms with Gasteiger partial charge in [0.05, 0.1) is 0 Å². The second-order valence-corrected chi connectivity index (χ2v) is 11.6.